The molecule has 0 amide bonds. The van der Waals surface area contributed by atoms with E-state index < -0.39 is 0 Å². The van der Waals surface area contributed by atoms with Crippen LogP contribution >= 0.6 is 0 Å². The quantitative estimate of drug-likeness (QED) is 0.630. The number of hydrogen-bond donors (Lipinski definition) is 1. The number of rotatable bonds is 10. The first-order valence-electron chi connectivity index (χ1n) is 7.98. The van der Waals surface area contributed by atoms with Gasteiger partial charge in [-0.1, -0.05) is 69.9 Å². The second-order valence-electron chi connectivity index (χ2n) is 5.68. The summed E-state index contributed by atoms with van der Waals surface area (Å²) in [6.45, 7) is 4.49. The minimum absolute atomic E-state index is 0.106. The number of aliphatic hydroxyl groups excluding tert-OH is 1. The van der Waals surface area contributed by atoms with Crippen molar-refractivity contribution < 1.29 is 5.11 Å². The van der Waals surface area contributed by atoms with Crippen molar-refractivity contribution in [3.05, 3.63) is 35.9 Å². The number of unbranched alkanes of at least 4 members (excludes halogenated alkanes) is 1. The fraction of sp³-hybridized carbons (Fsp3) is 0.667. The lowest BCUT2D eigenvalue weighted by Gasteiger charge is -2.18. The molecular formula is C18H30O. The second-order valence-corrected chi connectivity index (χ2v) is 5.68. The molecule has 0 fully saturated rings. The van der Waals surface area contributed by atoms with Gasteiger partial charge in [0.15, 0.2) is 0 Å². The minimum atomic E-state index is -0.106. The van der Waals surface area contributed by atoms with Crippen LogP contribution in [0.2, 0.25) is 0 Å². The van der Waals surface area contributed by atoms with Crippen LogP contribution in [0.4, 0.5) is 0 Å². The van der Waals surface area contributed by atoms with E-state index in [-0.39, 0.29) is 6.10 Å². The van der Waals surface area contributed by atoms with Gasteiger partial charge in [0.1, 0.15) is 0 Å². The average molecular weight is 262 g/mol. The highest BCUT2D eigenvalue weighted by atomic mass is 16.3. The van der Waals surface area contributed by atoms with E-state index in [4.69, 9.17) is 0 Å². The first-order chi connectivity index (χ1) is 9.26. The summed E-state index contributed by atoms with van der Waals surface area (Å²) in [4.78, 5) is 0. The lowest BCUT2D eigenvalue weighted by atomic mass is 9.91. The zero-order valence-electron chi connectivity index (χ0n) is 12.6. The van der Waals surface area contributed by atoms with Gasteiger partial charge in [-0.3, -0.25) is 0 Å². The van der Waals surface area contributed by atoms with E-state index in [2.05, 4.69) is 44.2 Å². The van der Waals surface area contributed by atoms with Crippen LogP contribution in [0.3, 0.4) is 0 Å². The van der Waals surface area contributed by atoms with Gasteiger partial charge >= 0.3 is 0 Å². The molecule has 0 heterocycles. The average Bonchev–Trinajstić information content (AvgIpc) is 2.44. The molecule has 0 aromatic heterocycles. The molecule has 0 aliphatic carbocycles. The Bertz CT molecular complexity index is 307. The minimum Gasteiger partial charge on any atom is -0.393 e. The first kappa shape index (κ1) is 16.2. The predicted molar refractivity (Wildman–Crippen MR) is 83.3 cm³/mol. The summed E-state index contributed by atoms with van der Waals surface area (Å²) < 4.78 is 0. The van der Waals surface area contributed by atoms with Crippen molar-refractivity contribution in [2.24, 2.45) is 5.92 Å². The van der Waals surface area contributed by atoms with Gasteiger partial charge in [-0.2, -0.15) is 0 Å². The molecule has 0 radical (unpaired) electrons. The Morgan fingerprint density at radius 1 is 1.00 bits per heavy atom. The number of aliphatic hydroxyl groups is 1. The van der Waals surface area contributed by atoms with E-state index in [0.29, 0.717) is 5.92 Å². The molecular weight excluding hydrogens is 232 g/mol. The highest BCUT2D eigenvalue weighted by Crippen LogP contribution is 2.20. The summed E-state index contributed by atoms with van der Waals surface area (Å²) >= 11 is 0. The number of benzene rings is 1. The van der Waals surface area contributed by atoms with Crippen molar-refractivity contribution in [2.75, 3.05) is 0 Å². The van der Waals surface area contributed by atoms with E-state index in [1.54, 1.807) is 0 Å². The Hall–Kier alpha value is -0.820. The monoisotopic (exact) mass is 262 g/mol. The summed E-state index contributed by atoms with van der Waals surface area (Å²) in [7, 11) is 0. The van der Waals surface area contributed by atoms with E-state index in [1.165, 1.54) is 31.2 Å². The summed E-state index contributed by atoms with van der Waals surface area (Å²) in [6, 6.07) is 10.6. The molecule has 1 N–H and O–H groups in total. The Kier molecular flexibility index (Phi) is 8.57. The Balaban J connectivity index is 2.17. The molecule has 0 aliphatic heterocycles. The summed E-state index contributed by atoms with van der Waals surface area (Å²) in [5.74, 6) is 0.715. The fourth-order valence-corrected chi connectivity index (χ4v) is 2.67. The molecule has 1 aromatic carbocycles. The third-order valence-electron chi connectivity index (χ3n) is 3.99. The molecule has 0 bridgehead atoms. The van der Waals surface area contributed by atoms with Gasteiger partial charge in [0.05, 0.1) is 6.10 Å². The van der Waals surface area contributed by atoms with Crippen LogP contribution in [-0.4, -0.2) is 11.2 Å². The first-order valence-corrected chi connectivity index (χ1v) is 7.98. The van der Waals surface area contributed by atoms with Crippen LogP contribution < -0.4 is 0 Å². The topological polar surface area (TPSA) is 20.2 Å². The zero-order valence-corrected chi connectivity index (χ0v) is 12.6. The standard InChI is InChI=1S/C18H30O/c1-3-5-10-16(4-2)15-18(19)14-9-13-17-11-7-6-8-12-17/h6-8,11-12,16,18-19H,3-5,9-10,13-15H2,1-2H3. The predicted octanol–water partition coefficient (Wildman–Crippen LogP) is 4.98. The van der Waals surface area contributed by atoms with Crippen molar-refractivity contribution in [1.29, 1.82) is 0 Å². The van der Waals surface area contributed by atoms with Gasteiger partial charge in [0, 0.05) is 0 Å². The Labute approximate surface area is 119 Å². The van der Waals surface area contributed by atoms with E-state index >= 15 is 0 Å². The lowest BCUT2D eigenvalue weighted by molar-refractivity contribution is 0.126. The van der Waals surface area contributed by atoms with Crippen LogP contribution in [0.5, 0.6) is 0 Å². The molecule has 108 valence electrons. The molecule has 0 saturated heterocycles. The highest BCUT2D eigenvalue weighted by Gasteiger charge is 2.12. The van der Waals surface area contributed by atoms with Crippen LogP contribution in [-0.2, 0) is 6.42 Å². The summed E-state index contributed by atoms with van der Waals surface area (Å²) in [6.07, 6.45) is 9.06. The molecule has 2 unspecified atom stereocenters. The van der Waals surface area contributed by atoms with Gasteiger partial charge in [0.25, 0.3) is 0 Å². The lowest BCUT2D eigenvalue weighted by Crippen LogP contribution is -2.13. The van der Waals surface area contributed by atoms with Gasteiger partial charge in [-0.05, 0) is 37.2 Å². The van der Waals surface area contributed by atoms with Crippen molar-refractivity contribution in [3.8, 4) is 0 Å². The summed E-state index contributed by atoms with van der Waals surface area (Å²) in [5, 5.41) is 10.1. The van der Waals surface area contributed by atoms with Crippen molar-refractivity contribution in [2.45, 2.75) is 71.3 Å². The SMILES string of the molecule is CCCCC(CC)CC(O)CCCc1ccccc1. The zero-order chi connectivity index (χ0) is 13.9. The van der Waals surface area contributed by atoms with E-state index in [9.17, 15) is 5.11 Å². The maximum atomic E-state index is 10.1. The molecule has 1 rings (SSSR count). The van der Waals surface area contributed by atoms with Crippen molar-refractivity contribution >= 4 is 0 Å². The Morgan fingerprint density at radius 2 is 1.74 bits per heavy atom. The van der Waals surface area contributed by atoms with Crippen LogP contribution in [0, 0.1) is 5.92 Å². The number of aryl methyl sites for hydroxylation is 1. The molecule has 0 saturated carbocycles. The van der Waals surface area contributed by atoms with Crippen molar-refractivity contribution in [1.82, 2.24) is 0 Å². The largest absolute Gasteiger partial charge is 0.393 e. The van der Waals surface area contributed by atoms with Crippen LogP contribution in [0.15, 0.2) is 30.3 Å². The molecule has 1 heteroatoms. The maximum Gasteiger partial charge on any atom is 0.0543 e. The Morgan fingerprint density at radius 3 is 2.37 bits per heavy atom. The molecule has 1 nitrogen and oxygen atoms in total. The smallest absolute Gasteiger partial charge is 0.0543 e. The molecule has 19 heavy (non-hydrogen) atoms. The maximum absolute atomic E-state index is 10.1. The molecule has 1 aromatic rings. The molecule has 2 atom stereocenters. The third-order valence-corrected chi connectivity index (χ3v) is 3.99. The van der Waals surface area contributed by atoms with E-state index in [0.717, 1.165) is 25.7 Å². The summed E-state index contributed by atoms with van der Waals surface area (Å²) in [5.41, 5.74) is 1.38. The highest BCUT2D eigenvalue weighted by molar-refractivity contribution is 5.14. The van der Waals surface area contributed by atoms with Crippen LogP contribution in [0.25, 0.3) is 0 Å². The van der Waals surface area contributed by atoms with Gasteiger partial charge < -0.3 is 5.11 Å². The normalized spacial score (nSPS) is 14.3. The van der Waals surface area contributed by atoms with Gasteiger partial charge in [-0.15, -0.1) is 0 Å². The van der Waals surface area contributed by atoms with Gasteiger partial charge in [0.2, 0.25) is 0 Å². The molecule has 0 aliphatic rings. The van der Waals surface area contributed by atoms with E-state index in [1.807, 2.05) is 0 Å². The molecule has 0 spiro atoms. The van der Waals surface area contributed by atoms with Crippen molar-refractivity contribution in [3.63, 3.8) is 0 Å². The third kappa shape index (κ3) is 7.37. The van der Waals surface area contributed by atoms with Crippen LogP contribution in [0.1, 0.15) is 64.4 Å². The fourth-order valence-electron chi connectivity index (χ4n) is 2.67. The number of hydrogen-bond acceptors (Lipinski definition) is 1. The second kappa shape index (κ2) is 10.0. The van der Waals surface area contributed by atoms with Gasteiger partial charge in [-0.25, -0.2) is 0 Å².